The number of hydrogen-bond donors (Lipinski definition) is 2. The van der Waals surface area contributed by atoms with Gasteiger partial charge in [0.05, 0.1) is 0 Å². The highest BCUT2D eigenvalue weighted by Crippen LogP contribution is 2.44. The molecule has 158 valence electrons. The molecule has 1 aliphatic carbocycles. The van der Waals surface area contributed by atoms with Gasteiger partial charge in [0.1, 0.15) is 11.6 Å². The van der Waals surface area contributed by atoms with Crippen LogP contribution in [0.2, 0.25) is 0 Å². The van der Waals surface area contributed by atoms with Gasteiger partial charge >= 0.3 is 0 Å². The summed E-state index contributed by atoms with van der Waals surface area (Å²) in [6, 6.07) is 0. The predicted molar refractivity (Wildman–Crippen MR) is 113 cm³/mol. The van der Waals surface area contributed by atoms with Crippen LogP contribution in [0.3, 0.4) is 0 Å². The smallest absolute Gasteiger partial charge is 0.191 e. The quantitative estimate of drug-likeness (QED) is 0.365. The number of aromatic nitrogens is 3. The van der Waals surface area contributed by atoms with Crippen molar-refractivity contribution in [3.05, 3.63) is 11.6 Å². The Bertz CT molecular complexity index is 622. The molecular weight excluding hydrogens is 352 g/mol. The lowest BCUT2D eigenvalue weighted by molar-refractivity contribution is 0.0778. The zero-order valence-electron chi connectivity index (χ0n) is 17.8. The average Bonchev–Trinajstić information content (AvgIpc) is 2.90. The van der Waals surface area contributed by atoms with Crippen molar-refractivity contribution in [2.45, 2.75) is 77.7 Å². The Morgan fingerprint density at radius 2 is 2.07 bits per heavy atom. The van der Waals surface area contributed by atoms with Gasteiger partial charge in [-0.3, -0.25) is 4.99 Å². The van der Waals surface area contributed by atoms with E-state index in [9.17, 15) is 0 Å². The van der Waals surface area contributed by atoms with E-state index in [0.29, 0.717) is 5.41 Å². The molecule has 1 aromatic rings. The average molecular weight is 391 g/mol. The number of nitrogens with one attached hydrogen (secondary N) is 2. The van der Waals surface area contributed by atoms with Crippen molar-refractivity contribution in [1.82, 2.24) is 25.4 Å². The maximum absolute atomic E-state index is 5.30. The van der Waals surface area contributed by atoms with Gasteiger partial charge in [0.25, 0.3) is 0 Å². The third-order valence-electron chi connectivity index (χ3n) is 6.22. The Hall–Kier alpha value is -1.63. The summed E-state index contributed by atoms with van der Waals surface area (Å²) in [6.07, 6.45) is 11.9. The van der Waals surface area contributed by atoms with Gasteiger partial charge in [0.2, 0.25) is 0 Å². The van der Waals surface area contributed by atoms with E-state index in [1.165, 1.54) is 44.3 Å². The maximum atomic E-state index is 5.30. The SMILES string of the molecule is CCNC(=NCC1(CCOC)CCC1)NCCCc1nnc2n1CCCCC2. The van der Waals surface area contributed by atoms with Crippen LogP contribution in [0, 0.1) is 5.41 Å². The largest absolute Gasteiger partial charge is 0.385 e. The van der Waals surface area contributed by atoms with E-state index in [-0.39, 0.29) is 0 Å². The molecule has 0 saturated heterocycles. The molecule has 0 amide bonds. The van der Waals surface area contributed by atoms with Crippen LogP contribution in [0.25, 0.3) is 0 Å². The minimum atomic E-state index is 0.359. The third-order valence-corrected chi connectivity index (χ3v) is 6.22. The van der Waals surface area contributed by atoms with Crippen molar-refractivity contribution in [1.29, 1.82) is 0 Å². The normalized spacial score (nSPS) is 18.9. The molecule has 2 heterocycles. The number of ether oxygens (including phenoxy) is 1. The first-order valence-electron chi connectivity index (χ1n) is 11.2. The highest BCUT2D eigenvalue weighted by molar-refractivity contribution is 5.79. The van der Waals surface area contributed by atoms with Crippen molar-refractivity contribution in [2.75, 3.05) is 33.4 Å². The molecule has 1 aliphatic heterocycles. The number of nitrogens with zero attached hydrogens (tertiary/aromatic N) is 4. The number of guanidine groups is 1. The Morgan fingerprint density at radius 1 is 1.18 bits per heavy atom. The van der Waals surface area contributed by atoms with Crippen molar-refractivity contribution in [3.8, 4) is 0 Å². The molecule has 3 rings (SSSR count). The van der Waals surface area contributed by atoms with E-state index in [1.54, 1.807) is 7.11 Å². The summed E-state index contributed by atoms with van der Waals surface area (Å²) in [7, 11) is 1.79. The van der Waals surface area contributed by atoms with Crippen molar-refractivity contribution in [3.63, 3.8) is 0 Å². The topological polar surface area (TPSA) is 76.4 Å². The monoisotopic (exact) mass is 390 g/mol. The fourth-order valence-electron chi connectivity index (χ4n) is 4.25. The number of fused-ring (bicyclic) bond motifs is 1. The van der Waals surface area contributed by atoms with Crippen LogP contribution in [0.4, 0.5) is 0 Å². The fourth-order valence-corrected chi connectivity index (χ4v) is 4.25. The standard InChI is InChI=1S/C21H38N6O/c1-3-22-20(24-17-21(11-8-12-21)13-16-28-2)23-14-7-10-19-26-25-18-9-5-4-6-15-27(18)19/h3-17H2,1-2H3,(H2,22,23,24). The number of aliphatic imine (C=N–C) groups is 1. The molecule has 7 heteroatoms. The zero-order chi connectivity index (χ0) is 19.7. The van der Waals surface area contributed by atoms with Gasteiger partial charge < -0.3 is 19.9 Å². The van der Waals surface area contributed by atoms with Crippen LogP contribution in [-0.4, -0.2) is 54.1 Å². The summed E-state index contributed by atoms with van der Waals surface area (Å²) in [4.78, 5) is 4.88. The van der Waals surface area contributed by atoms with E-state index in [4.69, 9.17) is 9.73 Å². The number of methoxy groups -OCH3 is 1. The van der Waals surface area contributed by atoms with Crippen LogP contribution >= 0.6 is 0 Å². The molecule has 0 aromatic carbocycles. The number of hydrogen-bond acceptors (Lipinski definition) is 4. The summed E-state index contributed by atoms with van der Waals surface area (Å²) < 4.78 is 7.65. The van der Waals surface area contributed by atoms with Gasteiger partial charge in [-0.2, -0.15) is 0 Å². The van der Waals surface area contributed by atoms with Crippen molar-refractivity contribution in [2.24, 2.45) is 10.4 Å². The molecule has 1 fully saturated rings. The Labute approximate surface area is 169 Å². The third kappa shape index (κ3) is 5.69. The van der Waals surface area contributed by atoms with E-state index in [0.717, 1.165) is 70.3 Å². The maximum Gasteiger partial charge on any atom is 0.191 e. The van der Waals surface area contributed by atoms with Crippen molar-refractivity contribution >= 4 is 5.96 Å². The van der Waals surface area contributed by atoms with Crippen LogP contribution in [0.15, 0.2) is 4.99 Å². The lowest BCUT2D eigenvalue weighted by Gasteiger charge is -2.40. The van der Waals surface area contributed by atoms with Crippen LogP contribution in [-0.2, 0) is 24.1 Å². The fraction of sp³-hybridized carbons (Fsp3) is 0.857. The van der Waals surface area contributed by atoms with Gasteiger partial charge in [-0.1, -0.05) is 12.8 Å². The molecule has 7 nitrogen and oxygen atoms in total. The first-order chi connectivity index (χ1) is 13.8. The minimum Gasteiger partial charge on any atom is -0.385 e. The second kappa shape index (κ2) is 10.8. The van der Waals surface area contributed by atoms with Gasteiger partial charge in [-0.25, -0.2) is 0 Å². The highest BCUT2D eigenvalue weighted by Gasteiger charge is 2.36. The predicted octanol–water partition coefficient (Wildman–Crippen LogP) is 2.70. The molecule has 0 unspecified atom stereocenters. The lowest BCUT2D eigenvalue weighted by Crippen LogP contribution is -2.40. The van der Waals surface area contributed by atoms with Crippen LogP contribution in [0.5, 0.6) is 0 Å². The van der Waals surface area contributed by atoms with E-state index >= 15 is 0 Å². The molecule has 0 bridgehead atoms. The van der Waals surface area contributed by atoms with Gasteiger partial charge in [-0.05, 0) is 50.9 Å². The summed E-state index contributed by atoms with van der Waals surface area (Å²) >= 11 is 0. The summed E-state index contributed by atoms with van der Waals surface area (Å²) in [5, 5.41) is 15.7. The Morgan fingerprint density at radius 3 is 2.82 bits per heavy atom. The van der Waals surface area contributed by atoms with E-state index in [2.05, 4.69) is 32.3 Å². The number of aryl methyl sites for hydroxylation is 2. The number of rotatable bonds is 10. The highest BCUT2D eigenvalue weighted by atomic mass is 16.5. The van der Waals surface area contributed by atoms with Crippen molar-refractivity contribution < 1.29 is 4.74 Å². The molecule has 1 aromatic heterocycles. The summed E-state index contributed by atoms with van der Waals surface area (Å²) in [6.45, 7) is 6.71. The molecule has 0 spiro atoms. The second-order valence-electron chi connectivity index (χ2n) is 8.32. The van der Waals surface area contributed by atoms with Gasteiger partial charge in [0.15, 0.2) is 5.96 Å². The van der Waals surface area contributed by atoms with E-state index < -0.39 is 0 Å². The molecule has 0 radical (unpaired) electrons. The minimum absolute atomic E-state index is 0.359. The van der Waals surface area contributed by atoms with E-state index in [1.807, 2.05) is 0 Å². The molecule has 2 N–H and O–H groups in total. The zero-order valence-corrected chi connectivity index (χ0v) is 17.8. The second-order valence-corrected chi connectivity index (χ2v) is 8.32. The summed E-state index contributed by atoms with van der Waals surface area (Å²) in [5.74, 6) is 3.26. The summed E-state index contributed by atoms with van der Waals surface area (Å²) in [5.41, 5.74) is 0.359. The molecule has 28 heavy (non-hydrogen) atoms. The Balaban J connectivity index is 1.45. The van der Waals surface area contributed by atoms with Gasteiger partial charge in [0, 0.05) is 52.7 Å². The molecule has 0 atom stereocenters. The van der Waals surface area contributed by atoms with Crippen LogP contribution in [0.1, 0.15) is 69.9 Å². The molecule has 2 aliphatic rings. The lowest BCUT2D eigenvalue weighted by atomic mass is 9.67. The first-order valence-corrected chi connectivity index (χ1v) is 11.2. The Kier molecular flexibility index (Phi) is 8.13. The molecule has 1 saturated carbocycles. The first kappa shape index (κ1) is 21.1. The molecular formula is C21H38N6O. The van der Waals surface area contributed by atoms with Crippen LogP contribution < -0.4 is 10.6 Å². The van der Waals surface area contributed by atoms with Gasteiger partial charge in [-0.15, -0.1) is 10.2 Å².